The Morgan fingerprint density at radius 1 is 0.704 bits per heavy atom. The van der Waals surface area contributed by atoms with E-state index in [1.165, 1.54) is 80.6 Å². The number of likely N-dealkylation sites (tertiary alicyclic amines) is 2. The van der Waals surface area contributed by atoms with Crippen molar-refractivity contribution >= 4 is 35.4 Å². The Balaban J connectivity index is 0.918. The van der Waals surface area contributed by atoms with Crippen LogP contribution < -0.4 is 10.6 Å². The first-order valence-corrected chi connectivity index (χ1v) is 27.7. The third kappa shape index (κ3) is 9.70. The summed E-state index contributed by atoms with van der Waals surface area (Å²) in [5, 5.41) is 5.93. The van der Waals surface area contributed by atoms with Crippen LogP contribution in [0.5, 0.6) is 0 Å². The van der Waals surface area contributed by atoms with Gasteiger partial charge in [-0.2, -0.15) is 0 Å². The van der Waals surface area contributed by atoms with E-state index in [1.54, 1.807) is 0 Å². The second kappa shape index (κ2) is 21.4. The molecule has 2 saturated heterocycles. The van der Waals surface area contributed by atoms with E-state index in [9.17, 15) is 19.2 Å². The quantitative estimate of drug-likeness (QED) is 0.165. The lowest BCUT2D eigenvalue weighted by molar-refractivity contribution is -0.136. The molecule has 2 aromatic carbocycles. The number of hydrogen-bond acceptors (Lipinski definition) is 7. The summed E-state index contributed by atoms with van der Waals surface area (Å²) >= 11 is 0. The lowest BCUT2D eigenvalue weighted by Crippen LogP contribution is -2.55. The topological polar surface area (TPSA) is 145 Å². The predicted octanol–water partition coefficient (Wildman–Crippen LogP) is 11.9. The number of aromatic amines is 1. The van der Waals surface area contributed by atoms with Crippen molar-refractivity contribution in [1.29, 1.82) is 0 Å². The summed E-state index contributed by atoms with van der Waals surface area (Å²) in [7, 11) is 2.74. The SMILES string of the molecule is CCC1CC=C(c2ccc(-c3ccc(-c4cc(C)c(C5CCCN5C(=O)C(NC(=O)OC)C5CCCCC5)[nH]4)cc3)c3c2CCC32CCCC2)N=C1C1CCCN1C(=O)C(NC(=O)OC)C1CCCCC1. The Kier molecular flexibility index (Phi) is 14.8. The first-order valence-electron chi connectivity index (χ1n) is 27.7. The third-order valence-corrected chi connectivity index (χ3v) is 18.3. The Hall–Kier alpha value is -5.39. The van der Waals surface area contributed by atoms with Gasteiger partial charge in [-0.15, -0.1) is 0 Å². The maximum Gasteiger partial charge on any atom is 0.407 e. The lowest BCUT2D eigenvalue weighted by atomic mass is 9.76. The maximum atomic E-state index is 14.6. The van der Waals surface area contributed by atoms with Gasteiger partial charge in [0.1, 0.15) is 12.1 Å². The number of rotatable bonds is 12. The van der Waals surface area contributed by atoms with E-state index in [-0.39, 0.29) is 47.1 Å². The number of H-pyrrole nitrogens is 1. The van der Waals surface area contributed by atoms with Gasteiger partial charge < -0.3 is 34.9 Å². The Morgan fingerprint density at radius 2 is 1.27 bits per heavy atom. The monoisotopic (exact) mass is 967 g/mol. The van der Waals surface area contributed by atoms with Gasteiger partial charge >= 0.3 is 12.2 Å². The summed E-state index contributed by atoms with van der Waals surface area (Å²) in [6.45, 7) is 5.74. The minimum atomic E-state index is -0.581. The van der Waals surface area contributed by atoms with Crippen LogP contribution in [0.4, 0.5) is 9.59 Å². The highest BCUT2D eigenvalue weighted by Gasteiger charge is 2.46. The number of methoxy groups -OCH3 is 2. The minimum Gasteiger partial charge on any atom is -0.453 e. The zero-order valence-electron chi connectivity index (χ0n) is 42.9. The van der Waals surface area contributed by atoms with Gasteiger partial charge in [0.15, 0.2) is 0 Å². The largest absolute Gasteiger partial charge is 0.453 e. The first-order chi connectivity index (χ1) is 34.6. The van der Waals surface area contributed by atoms with Gasteiger partial charge in [0.2, 0.25) is 11.8 Å². The van der Waals surface area contributed by atoms with E-state index in [1.807, 2.05) is 4.90 Å². The Bertz CT molecular complexity index is 2510. The zero-order chi connectivity index (χ0) is 49.2. The van der Waals surface area contributed by atoms with Gasteiger partial charge in [-0.3, -0.25) is 14.6 Å². The minimum absolute atomic E-state index is 0.00185. The summed E-state index contributed by atoms with van der Waals surface area (Å²) in [6.07, 6.45) is 24.3. The van der Waals surface area contributed by atoms with E-state index >= 15 is 0 Å². The van der Waals surface area contributed by atoms with Crippen molar-refractivity contribution in [2.45, 2.75) is 185 Å². The molecule has 4 heterocycles. The van der Waals surface area contributed by atoms with Crippen LogP contribution in [0, 0.1) is 24.7 Å². The number of allylic oxidation sites excluding steroid dienone is 1. The van der Waals surface area contributed by atoms with Gasteiger partial charge in [-0.05, 0) is 154 Å². The highest BCUT2D eigenvalue weighted by Crippen LogP contribution is 2.55. The predicted molar refractivity (Wildman–Crippen MR) is 279 cm³/mol. The van der Waals surface area contributed by atoms with E-state index in [0.717, 1.165) is 137 Å². The summed E-state index contributed by atoms with van der Waals surface area (Å²) in [4.78, 5) is 67.6. The number of hydrogen-bond donors (Lipinski definition) is 3. The number of carbonyl (C=O) groups excluding carboxylic acids is 4. The van der Waals surface area contributed by atoms with Gasteiger partial charge in [0.25, 0.3) is 0 Å². The van der Waals surface area contributed by atoms with E-state index < -0.39 is 24.3 Å². The standard InChI is InChI=1S/C59H78N6O6/c1-5-38-26-29-46(60-52(38)49-21-15-35-65(49)56(67)54(63-58(69)71-4)42-18-10-7-11-19-42)44-28-27-43(50-45(44)30-33-59(50)31-12-13-32-59)39-22-24-40(25-23-39)47-36-37(2)51(61-47)48-20-14-34-64(48)55(66)53(62-57(68)70-3)41-16-8-6-9-17-41/h22-25,27-29,36,38,41-42,48-49,53-54,61H,5-21,26,30-35H2,1-4H3,(H,62,68)(H,63,69). The zero-order valence-corrected chi connectivity index (χ0v) is 42.9. The highest BCUT2D eigenvalue weighted by molar-refractivity contribution is 6.01. The van der Waals surface area contributed by atoms with Gasteiger partial charge in [0, 0.05) is 41.7 Å². The number of benzene rings is 2. The molecule has 1 spiro atoms. The van der Waals surface area contributed by atoms with Crippen LogP contribution in [-0.2, 0) is 30.9 Å². The van der Waals surface area contributed by atoms with E-state index in [0.29, 0.717) is 13.1 Å². The molecule has 12 nitrogen and oxygen atoms in total. The molecule has 380 valence electrons. The molecule has 3 aromatic rings. The number of nitrogens with zero attached hydrogens (tertiary/aromatic N) is 3. The number of fused-ring (bicyclic) bond motifs is 2. The molecule has 0 radical (unpaired) electrons. The summed E-state index contributed by atoms with van der Waals surface area (Å²) in [5.41, 5.74) is 13.5. The molecule has 3 N–H and O–H groups in total. The average Bonchev–Trinajstić information content (AvgIpc) is 4.29. The number of aliphatic imine (C=N–C) groups is 1. The van der Waals surface area contributed by atoms with Crippen molar-refractivity contribution in [3.05, 3.63) is 76.5 Å². The maximum absolute atomic E-state index is 14.6. The number of carbonyl (C=O) groups is 4. The average molecular weight is 967 g/mol. The lowest BCUT2D eigenvalue weighted by Gasteiger charge is -2.37. The van der Waals surface area contributed by atoms with Crippen LogP contribution >= 0.6 is 0 Å². The molecular formula is C59H78N6O6. The van der Waals surface area contributed by atoms with Crippen LogP contribution in [-0.4, -0.2) is 89.9 Å². The number of nitrogens with one attached hydrogen (secondary N) is 3. The van der Waals surface area contributed by atoms with E-state index in [2.05, 4.69) is 82.9 Å². The number of amides is 4. The molecule has 3 saturated carbocycles. The van der Waals surface area contributed by atoms with Crippen LogP contribution in [0.2, 0.25) is 0 Å². The second-order valence-electron chi connectivity index (χ2n) is 22.2. The van der Waals surface area contributed by atoms with Crippen LogP contribution in [0.1, 0.15) is 176 Å². The normalized spacial score (nSPS) is 24.3. The third-order valence-electron chi connectivity index (χ3n) is 18.3. The summed E-state index contributed by atoms with van der Waals surface area (Å²) < 4.78 is 10.0. The summed E-state index contributed by atoms with van der Waals surface area (Å²) in [6, 6.07) is 14.7. The number of ether oxygens (including phenoxy) is 2. The van der Waals surface area contributed by atoms with E-state index in [4.69, 9.17) is 14.5 Å². The van der Waals surface area contributed by atoms with Crippen molar-refractivity contribution in [3.63, 3.8) is 0 Å². The number of aryl methyl sites for hydroxylation is 1. The molecule has 5 fully saturated rings. The molecule has 3 aliphatic heterocycles. The van der Waals surface area contributed by atoms with Gasteiger partial charge in [0.05, 0.1) is 32.0 Å². The van der Waals surface area contributed by atoms with Gasteiger partial charge in [-0.25, -0.2) is 9.59 Å². The van der Waals surface area contributed by atoms with Crippen molar-refractivity contribution < 1.29 is 28.7 Å². The molecule has 5 atom stereocenters. The molecular weight excluding hydrogens is 889 g/mol. The molecule has 4 aliphatic carbocycles. The highest BCUT2D eigenvalue weighted by atomic mass is 16.5. The Labute approximate surface area is 421 Å². The molecule has 10 rings (SSSR count). The second-order valence-corrected chi connectivity index (χ2v) is 22.2. The fraction of sp³-hybridized carbons (Fsp3) is 0.610. The van der Waals surface area contributed by atoms with Crippen molar-refractivity contribution in [1.82, 2.24) is 25.4 Å². The first kappa shape index (κ1) is 49.2. The molecule has 7 aliphatic rings. The fourth-order valence-corrected chi connectivity index (χ4v) is 14.6. The Morgan fingerprint density at radius 3 is 1.86 bits per heavy atom. The molecule has 71 heavy (non-hydrogen) atoms. The van der Waals surface area contributed by atoms with Crippen molar-refractivity contribution in [3.8, 4) is 22.4 Å². The smallest absolute Gasteiger partial charge is 0.407 e. The van der Waals surface area contributed by atoms with Crippen LogP contribution in [0.3, 0.4) is 0 Å². The van der Waals surface area contributed by atoms with Crippen molar-refractivity contribution in [2.24, 2.45) is 22.7 Å². The van der Waals surface area contributed by atoms with Crippen LogP contribution in [0.15, 0.2) is 53.5 Å². The van der Waals surface area contributed by atoms with Gasteiger partial charge in [-0.1, -0.05) is 101 Å². The molecule has 4 amide bonds. The molecule has 1 aromatic heterocycles. The molecule has 12 heteroatoms. The summed E-state index contributed by atoms with van der Waals surface area (Å²) in [5.74, 6) is 0.516. The fourth-order valence-electron chi connectivity index (χ4n) is 14.6. The van der Waals surface area contributed by atoms with Crippen molar-refractivity contribution in [2.75, 3.05) is 27.3 Å². The molecule has 0 bridgehead atoms. The van der Waals surface area contributed by atoms with Crippen LogP contribution in [0.25, 0.3) is 28.1 Å². The number of alkyl carbamates (subject to hydrolysis) is 2. The number of aromatic nitrogens is 1. The molecule has 5 unspecified atom stereocenters.